The summed E-state index contributed by atoms with van der Waals surface area (Å²) in [5.41, 5.74) is 1.11. The Balaban J connectivity index is 2.26. The van der Waals surface area contributed by atoms with Crippen LogP contribution in [0, 0.1) is 0 Å². The smallest absolute Gasteiger partial charge is 0.230 e. The van der Waals surface area contributed by atoms with E-state index in [0.29, 0.717) is 0 Å². The van der Waals surface area contributed by atoms with Crippen LogP contribution in [0.3, 0.4) is 0 Å². The van der Waals surface area contributed by atoms with Crippen molar-refractivity contribution in [2.75, 3.05) is 5.75 Å². The van der Waals surface area contributed by atoms with E-state index >= 15 is 0 Å². The van der Waals surface area contributed by atoms with E-state index in [2.05, 4.69) is 42.2 Å². The van der Waals surface area contributed by atoms with Crippen molar-refractivity contribution in [3.63, 3.8) is 0 Å². The second-order valence-electron chi connectivity index (χ2n) is 4.05. The third kappa shape index (κ3) is 2.80. The normalized spacial score (nSPS) is 12.4. The summed E-state index contributed by atoms with van der Waals surface area (Å²) < 4.78 is 0. The lowest BCUT2D eigenvalue weighted by Gasteiger charge is -2.14. The van der Waals surface area contributed by atoms with E-state index in [4.69, 9.17) is 0 Å². The van der Waals surface area contributed by atoms with Crippen LogP contribution in [0.2, 0.25) is 0 Å². The van der Waals surface area contributed by atoms with Gasteiger partial charge in [0.1, 0.15) is 0 Å². The highest BCUT2D eigenvalue weighted by Gasteiger charge is 2.08. The lowest BCUT2D eigenvalue weighted by atomic mass is 10.0. The maximum Gasteiger partial charge on any atom is 0.230 e. The Morgan fingerprint density at radius 2 is 1.94 bits per heavy atom. The summed E-state index contributed by atoms with van der Waals surface area (Å²) in [7, 11) is 0. The molecule has 2 nitrogen and oxygen atoms in total. The molecule has 17 heavy (non-hydrogen) atoms. The number of amides is 1. The maximum atomic E-state index is 11.3. The largest absolute Gasteiger partial charge is 0.349 e. The fraction of sp³-hybridized carbons (Fsp3) is 0.214. The van der Waals surface area contributed by atoms with Gasteiger partial charge >= 0.3 is 0 Å². The first kappa shape index (κ1) is 12.0. The van der Waals surface area contributed by atoms with Crippen LogP contribution in [-0.2, 0) is 4.79 Å². The third-order valence-corrected chi connectivity index (χ3v) is 3.08. The molecule has 0 heterocycles. The predicted molar refractivity (Wildman–Crippen MR) is 74.4 cm³/mol. The Morgan fingerprint density at radius 3 is 2.65 bits per heavy atom. The SMILES string of the molecule is CC(NC(=O)CS)c1ccc2ccccc2c1. The molecule has 0 aliphatic carbocycles. The van der Waals surface area contributed by atoms with Gasteiger partial charge in [-0.05, 0) is 29.3 Å². The number of carbonyl (C=O) groups excluding carboxylic acids is 1. The van der Waals surface area contributed by atoms with E-state index in [0.717, 1.165) is 5.56 Å². The van der Waals surface area contributed by atoms with E-state index in [-0.39, 0.29) is 17.7 Å². The van der Waals surface area contributed by atoms with Crippen LogP contribution in [0.4, 0.5) is 0 Å². The van der Waals surface area contributed by atoms with Gasteiger partial charge in [0.25, 0.3) is 0 Å². The van der Waals surface area contributed by atoms with Crippen molar-refractivity contribution in [1.82, 2.24) is 5.32 Å². The maximum absolute atomic E-state index is 11.3. The molecule has 0 saturated carbocycles. The van der Waals surface area contributed by atoms with E-state index in [1.807, 2.05) is 25.1 Å². The van der Waals surface area contributed by atoms with Gasteiger partial charge in [-0.2, -0.15) is 12.6 Å². The summed E-state index contributed by atoms with van der Waals surface area (Å²) in [6, 6.07) is 14.4. The average molecular weight is 245 g/mol. The number of carbonyl (C=O) groups is 1. The molecule has 0 saturated heterocycles. The molecule has 1 atom stereocenters. The lowest BCUT2D eigenvalue weighted by Crippen LogP contribution is -2.27. The Bertz CT molecular complexity index is 538. The average Bonchev–Trinajstić information content (AvgIpc) is 2.38. The molecule has 0 radical (unpaired) electrons. The molecule has 0 aromatic heterocycles. The summed E-state index contributed by atoms with van der Waals surface area (Å²) in [5.74, 6) is 0.173. The second kappa shape index (κ2) is 5.23. The highest BCUT2D eigenvalue weighted by atomic mass is 32.1. The van der Waals surface area contributed by atoms with Crippen LogP contribution in [0.1, 0.15) is 18.5 Å². The topological polar surface area (TPSA) is 29.1 Å². The number of nitrogens with one attached hydrogen (secondary N) is 1. The molecule has 0 aliphatic heterocycles. The van der Waals surface area contributed by atoms with Crippen molar-refractivity contribution in [3.8, 4) is 0 Å². The Morgan fingerprint density at radius 1 is 1.24 bits per heavy atom. The van der Waals surface area contributed by atoms with Gasteiger partial charge in [-0.25, -0.2) is 0 Å². The first-order valence-corrected chi connectivity index (χ1v) is 6.23. The molecule has 2 rings (SSSR count). The highest BCUT2D eigenvalue weighted by molar-refractivity contribution is 7.81. The number of rotatable bonds is 3. The summed E-state index contributed by atoms with van der Waals surface area (Å²) in [6.07, 6.45) is 0. The predicted octanol–water partition coefficient (Wildman–Crippen LogP) is 2.95. The summed E-state index contributed by atoms with van der Waals surface area (Å²) in [6.45, 7) is 1.98. The molecule has 0 aliphatic rings. The number of hydrogen-bond acceptors (Lipinski definition) is 2. The molecule has 1 N–H and O–H groups in total. The lowest BCUT2D eigenvalue weighted by molar-refractivity contribution is -0.119. The first-order chi connectivity index (χ1) is 8.20. The van der Waals surface area contributed by atoms with Crippen molar-refractivity contribution < 1.29 is 4.79 Å². The van der Waals surface area contributed by atoms with Crippen LogP contribution >= 0.6 is 12.6 Å². The Labute approximate surface area is 106 Å². The van der Waals surface area contributed by atoms with Gasteiger partial charge in [-0.15, -0.1) is 0 Å². The fourth-order valence-electron chi connectivity index (χ4n) is 1.85. The minimum Gasteiger partial charge on any atom is -0.349 e. The standard InChI is InChI=1S/C14H15NOS/c1-10(15-14(16)9-17)12-7-6-11-4-2-3-5-13(11)8-12/h2-8,10,17H,9H2,1H3,(H,15,16). The van der Waals surface area contributed by atoms with Crippen molar-refractivity contribution in [2.24, 2.45) is 0 Å². The molecular weight excluding hydrogens is 230 g/mol. The molecule has 0 bridgehead atoms. The van der Waals surface area contributed by atoms with Crippen LogP contribution in [0.15, 0.2) is 42.5 Å². The Kier molecular flexibility index (Phi) is 3.69. The van der Waals surface area contributed by atoms with Gasteiger partial charge in [0.05, 0.1) is 11.8 Å². The molecule has 2 aromatic carbocycles. The summed E-state index contributed by atoms with van der Waals surface area (Å²) >= 11 is 3.95. The van der Waals surface area contributed by atoms with Crippen LogP contribution in [0.25, 0.3) is 10.8 Å². The Hall–Kier alpha value is -1.48. The molecular formula is C14H15NOS. The van der Waals surface area contributed by atoms with Gasteiger partial charge in [0, 0.05) is 0 Å². The molecule has 3 heteroatoms. The van der Waals surface area contributed by atoms with Gasteiger partial charge in [-0.3, -0.25) is 4.79 Å². The fourth-order valence-corrected chi connectivity index (χ4v) is 1.94. The van der Waals surface area contributed by atoms with Crippen molar-refractivity contribution >= 4 is 29.3 Å². The van der Waals surface area contributed by atoms with Gasteiger partial charge < -0.3 is 5.32 Å². The van der Waals surface area contributed by atoms with E-state index in [9.17, 15) is 4.79 Å². The molecule has 1 unspecified atom stereocenters. The zero-order chi connectivity index (χ0) is 12.3. The van der Waals surface area contributed by atoms with Crippen LogP contribution in [0.5, 0.6) is 0 Å². The summed E-state index contributed by atoms with van der Waals surface area (Å²) in [5, 5.41) is 5.30. The number of benzene rings is 2. The highest BCUT2D eigenvalue weighted by Crippen LogP contribution is 2.20. The third-order valence-electron chi connectivity index (χ3n) is 2.79. The minimum absolute atomic E-state index is 0.0132. The monoisotopic (exact) mass is 245 g/mol. The van der Waals surface area contributed by atoms with Crippen molar-refractivity contribution in [3.05, 3.63) is 48.0 Å². The summed E-state index contributed by atoms with van der Waals surface area (Å²) in [4.78, 5) is 11.3. The van der Waals surface area contributed by atoms with Gasteiger partial charge in [0.15, 0.2) is 0 Å². The van der Waals surface area contributed by atoms with Crippen LogP contribution < -0.4 is 5.32 Å². The quantitative estimate of drug-likeness (QED) is 0.800. The van der Waals surface area contributed by atoms with E-state index in [1.165, 1.54) is 10.8 Å². The molecule has 0 spiro atoms. The molecule has 0 fully saturated rings. The van der Waals surface area contributed by atoms with Gasteiger partial charge in [-0.1, -0.05) is 36.4 Å². The zero-order valence-corrected chi connectivity index (χ0v) is 10.6. The van der Waals surface area contributed by atoms with Crippen molar-refractivity contribution in [2.45, 2.75) is 13.0 Å². The van der Waals surface area contributed by atoms with E-state index in [1.54, 1.807) is 0 Å². The number of fused-ring (bicyclic) bond motifs is 1. The molecule has 88 valence electrons. The number of thiol groups is 1. The van der Waals surface area contributed by atoms with E-state index < -0.39 is 0 Å². The molecule has 1 amide bonds. The van der Waals surface area contributed by atoms with Gasteiger partial charge in [0.2, 0.25) is 5.91 Å². The minimum atomic E-state index is -0.0472. The van der Waals surface area contributed by atoms with Crippen LogP contribution in [-0.4, -0.2) is 11.7 Å². The number of hydrogen-bond donors (Lipinski definition) is 2. The van der Waals surface area contributed by atoms with Crippen molar-refractivity contribution in [1.29, 1.82) is 0 Å². The first-order valence-electron chi connectivity index (χ1n) is 5.59. The molecule has 2 aromatic rings. The zero-order valence-electron chi connectivity index (χ0n) is 9.68. The second-order valence-corrected chi connectivity index (χ2v) is 4.37.